The van der Waals surface area contributed by atoms with Crippen molar-refractivity contribution in [1.29, 1.82) is 0 Å². The Kier molecular flexibility index (Phi) is 30.4. The van der Waals surface area contributed by atoms with Gasteiger partial charge in [0.2, 0.25) is 35.4 Å². The van der Waals surface area contributed by atoms with E-state index in [1.54, 1.807) is 208 Å². The lowest BCUT2D eigenvalue weighted by Gasteiger charge is -2.32. The summed E-state index contributed by atoms with van der Waals surface area (Å²) >= 11 is 13.3. The second-order valence-electron chi connectivity index (χ2n) is 27.4. The average Bonchev–Trinajstić information content (AvgIpc) is 0.864. The SMILES string of the molecule is CC(C)(C)OC(=O)N(C(=O)Cc1cccc(S)c1)[C@H](CCCCN)C(=O)Nc1ccc(C(c2ccc(NC(=O)[C@@H](CCCCN)N(C(=O)Cc3cccc(S)c3)C(=O)OC(C)(C)C)cc2)c2ccc(NC(=O)[C@@H](CCCCN)N(C(=O)Cc3cccc(S)c3)C(=O)OC(C)(C)C)cc2)cc1. The first-order valence-corrected chi connectivity index (χ1v) is 34.9. The van der Waals surface area contributed by atoms with Gasteiger partial charge in [-0.05, 0) is 246 Å². The highest BCUT2D eigenvalue weighted by molar-refractivity contribution is 7.80. The molecular weight excluding hydrogens is 1330 g/mol. The van der Waals surface area contributed by atoms with Crippen LogP contribution in [0.2, 0.25) is 0 Å². The molecule has 24 heteroatoms. The number of nitrogens with one attached hydrogen (secondary N) is 3. The van der Waals surface area contributed by atoms with Gasteiger partial charge in [-0.3, -0.25) is 28.8 Å². The van der Waals surface area contributed by atoms with Crippen molar-refractivity contribution in [3.8, 4) is 0 Å². The highest BCUT2D eigenvalue weighted by Crippen LogP contribution is 2.35. The van der Waals surface area contributed by atoms with E-state index in [4.69, 9.17) is 31.4 Å². The molecule has 0 aliphatic carbocycles. The summed E-state index contributed by atoms with van der Waals surface area (Å²) in [7, 11) is 0. The molecule has 21 nitrogen and oxygen atoms in total. The monoisotopic (exact) mass is 1420 g/mol. The number of imide groups is 3. The number of ether oxygens (including phenoxy) is 3. The number of amides is 9. The Morgan fingerprint density at radius 3 is 0.820 bits per heavy atom. The number of hydrogen-bond acceptors (Lipinski definition) is 18. The Morgan fingerprint density at radius 1 is 0.370 bits per heavy atom. The Balaban J connectivity index is 1.40. The summed E-state index contributed by atoms with van der Waals surface area (Å²) in [5.74, 6) is -4.52. The summed E-state index contributed by atoms with van der Waals surface area (Å²) in [5, 5.41) is 8.84. The number of carbonyl (C=O) groups excluding carboxylic acids is 9. The minimum atomic E-state index is -1.31. The number of thiol groups is 3. The first-order valence-electron chi connectivity index (χ1n) is 33.6. The number of hydrogen-bond donors (Lipinski definition) is 9. The van der Waals surface area contributed by atoms with Crippen molar-refractivity contribution in [2.45, 2.75) is 195 Å². The normalized spacial score (nSPS) is 12.5. The van der Waals surface area contributed by atoms with Crippen LogP contribution in [0.4, 0.5) is 31.4 Å². The van der Waals surface area contributed by atoms with Crippen molar-refractivity contribution < 1.29 is 57.4 Å². The molecule has 0 aromatic heterocycles. The molecule has 0 saturated heterocycles. The molecule has 0 fully saturated rings. The lowest BCUT2D eigenvalue weighted by molar-refractivity contribution is -0.137. The summed E-state index contributed by atoms with van der Waals surface area (Å²) < 4.78 is 17.3. The lowest BCUT2D eigenvalue weighted by atomic mass is 9.85. The molecule has 0 heterocycles. The number of carbonyl (C=O) groups is 9. The third-order valence-electron chi connectivity index (χ3n) is 15.5. The molecule has 6 rings (SSSR count). The molecule has 0 unspecified atom stereocenters. The fourth-order valence-corrected chi connectivity index (χ4v) is 11.8. The number of nitrogens with two attached hydrogens (primary N) is 3. The Hall–Kier alpha value is -8.52. The number of unbranched alkanes of at least 4 members (excludes halogenated alkanes) is 3. The topological polar surface area (TPSA) is 305 Å². The summed E-state index contributed by atoms with van der Waals surface area (Å²) in [6.07, 6.45) is -0.679. The zero-order valence-corrected chi connectivity index (χ0v) is 61.3. The van der Waals surface area contributed by atoms with Gasteiger partial charge in [-0.1, -0.05) is 72.8 Å². The Morgan fingerprint density at radius 2 is 0.610 bits per heavy atom. The maximum Gasteiger partial charge on any atom is 0.417 e. The summed E-state index contributed by atoms with van der Waals surface area (Å²) in [6, 6.07) is 37.8. The third kappa shape index (κ3) is 25.6. The summed E-state index contributed by atoms with van der Waals surface area (Å²) in [4.78, 5) is 134. The molecule has 0 bridgehead atoms. The highest BCUT2D eigenvalue weighted by atomic mass is 32.1. The van der Waals surface area contributed by atoms with Gasteiger partial charge in [-0.25, -0.2) is 29.1 Å². The quantitative estimate of drug-likeness (QED) is 0.00876. The lowest BCUT2D eigenvalue weighted by Crippen LogP contribution is -2.52. The van der Waals surface area contributed by atoms with Gasteiger partial charge < -0.3 is 47.4 Å². The molecular formula is C76H97N9O12S3. The van der Waals surface area contributed by atoms with Crippen LogP contribution in [0.15, 0.2) is 160 Å². The number of benzene rings is 6. The van der Waals surface area contributed by atoms with Gasteiger partial charge in [-0.15, -0.1) is 37.9 Å². The molecule has 6 aromatic rings. The van der Waals surface area contributed by atoms with E-state index in [0.717, 1.165) is 14.7 Å². The average molecular weight is 1420 g/mol. The van der Waals surface area contributed by atoms with Gasteiger partial charge in [0.1, 0.15) is 34.9 Å². The second kappa shape index (κ2) is 37.8. The molecule has 0 spiro atoms. The van der Waals surface area contributed by atoms with Crippen molar-refractivity contribution in [3.63, 3.8) is 0 Å². The van der Waals surface area contributed by atoms with Crippen molar-refractivity contribution in [1.82, 2.24) is 14.7 Å². The highest BCUT2D eigenvalue weighted by Gasteiger charge is 2.41. The molecule has 0 saturated carbocycles. The van der Waals surface area contributed by atoms with Crippen molar-refractivity contribution in [2.24, 2.45) is 17.2 Å². The van der Waals surface area contributed by atoms with Crippen LogP contribution in [-0.4, -0.2) is 123 Å². The third-order valence-corrected chi connectivity index (χ3v) is 16.4. The van der Waals surface area contributed by atoms with Crippen LogP contribution in [-0.2, 0) is 62.2 Å². The second-order valence-corrected chi connectivity index (χ2v) is 29.0. The molecule has 100 heavy (non-hydrogen) atoms. The first kappa shape index (κ1) is 80.5. The maximum absolute atomic E-state index is 14.7. The van der Waals surface area contributed by atoms with Crippen LogP contribution in [0, 0.1) is 0 Å². The number of nitrogens with zero attached hydrogens (tertiary/aromatic N) is 3. The summed E-state index contributed by atoms with van der Waals surface area (Å²) in [6.45, 7) is 15.9. The van der Waals surface area contributed by atoms with Crippen LogP contribution in [0.25, 0.3) is 0 Å². The van der Waals surface area contributed by atoms with Gasteiger partial charge in [0.05, 0.1) is 19.3 Å². The van der Waals surface area contributed by atoms with E-state index in [1.165, 1.54) is 0 Å². The van der Waals surface area contributed by atoms with E-state index >= 15 is 0 Å². The molecule has 9 amide bonds. The first-order chi connectivity index (χ1) is 47.3. The van der Waals surface area contributed by atoms with Crippen molar-refractivity contribution in [2.75, 3.05) is 35.6 Å². The molecule has 3 atom stereocenters. The van der Waals surface area contributed by atoms with Crippen LogP contribution >= 0.6 is 37.9 Å². The molecule has 6 aromatic carbocycles. The maximum atomic E-state index is 14.7. The molecule has 0 aliphatic rings. The molecule has 0 aliphatic heterocycles. The van der Waals surface area contributed by atoms with Crippen LogP contribution in [0.1, 0.15) is 159 Å². The van der Waals surface area contributed by atoms with Crippen molar-refractivity contribution >= 4 is 109 Å². The van der Waals surface area contributed by atoms with Gasteiger partial charge in [0.15, 0.2) is 0 Å². The molecule has 9 N–H and O–H groups in total. The van der Waals surface area contributed by atoms with Crippen LogP contribution in [0.5, 0.6) is 0 Å². The fraction of sp³-hybridized carbons (Fsp3) is 0.408. The minimum Gasteiger partial charge on any atom is -0.443 e. The van der Waals surface area contributed by atoms with E-state index in [-0.39, 0.29) is 38.5 Å². The van der Waals surface area contributed by atoms with Crippen molar-refractivity contribution in [3.05, 3.63) is 179 Å². The largest absolute Gasteiger partial charge is 0.443 e. The molecule has 536 valence electrons. The van der Waals surface area contributed by atoms with E-state index in [2.05, 4.69) is 53.8 Å². The minimum absolute atomic E-state index is 0.0785. The van der Waals surface area contributed by atoms with E-state index < -0.39 is 94.6 Å². The Bertz CT molecular complexity index is 3390. The van der Waals surface area contributed by atoms with E-state index in [9.17, 15) is 43.2 Å². The van der Waals surface area contributed by atoms with Gasteiger partial charge in [0.25, 0.3) is 0 Å². The summed E-state index contributed by atoms with van der Waals surface area (Å²) in [5.41, 5.74) is 19.5. The number of rotatable bonds is 30. The smallest absolute Gasteiger partial charge is 0.417 e. The standard InChI is InChI=1S/C76H97N9O12S3/c1-74(2,3)95-71(92)83(64(86)46-49-19-16-22-58(98)43-49)61(25-10-13-40-77)68(89)80-55-34-28-52(29-35-55)67(53-30-36-56(37-31-53)81-69(90)62(26-11-14-41-78)84(72(93)96-75(4,5)6)65(87)47-50-20-17-23-59(99)44-50)54-32-38-57(39-33-54)82-70(91)63(27-12-15-42-79)85(73(94)97-76(7,8)9)66(88)48-51-21-18-24-60(100)45-51/h16-24,28-39,43-45,61-63,67,98-100H,10-15,25-27,40-42,46-48,77-79H2,1-9H3,(H,80,89)(H,81,90)(H,82,91)/t61-,62-,63-/m1/s1. The Labute approximate surface area is 604 Å². The van der Waals surface area contributed by atoms with Crippen LogP contribution in [0.3, 0.4) is 0 Å². The van der Waals surface area contributed by atoms with Gasteiger partial charge in [0, 0.05) is 37.7 Å². The fourth-order valence-electron chi connectivity index (χ4n) is 11.0. The van der Waals surface area contributed by atoms with E-state index in [0.29, 0.717) is 123 Å². The predicted octanol–water partition coefficient (Wildman–Crippen LogP) is 13.1. The zero-order valence-electron chi connectivity index (χ0n) is 58.6. The van der Waals surface area contributed by atoms with Crippen LogP contribution < -0.4 is 33.2 Å². The van der Waals surface area contributed by atoms with Gasteiger partial charge in [-0.2, -0.15) is 0 Å². The molecule has 0 radical (unpaired) electrons. The van der Waals surface area contributed by atoms with E-state index in [1.807, 2.05) is 0 Å². The van der Waals surface area contributed by atoms with Gasteiger partial charge >= 0.3 is 18.3 Å². The zero-order chi connectivity index (χ0) is 73.5. The number of anilines is 3. The predicted molar refractivity (Wildman–Crippen MR) is 398 cm³/mol.